The largest absolute Gasteiger partial charge is 0.353 e. The molecule has 0 saturated heterocycles. The molecular formula is C12H21NO2. The van der Waals surface area contributed by atoms with Gasteiger partial charge in [-0.2, -0.15) is 0 Å². The highest BCUT2D eigenvalue weighted by molar-refractivity contribution is 5.96. The Morgan fingerprint density at radius 1 is 1.27 bits per heavy atom. The molecule has 1 amide bonds. The summed E-state index contributed by atoms with van der Waals surface area (Å²) in [5, 5.41) is 2.97. The summed E-state index contributed by atoms with van der Waals surface area (Å²) in [5.41, 5.74) is 0. The topological polar surface area (TPSA) is 46.2 Å². The molecule has 1 aliphatic carbocycles. The Bertz CT molecular complexity index is 250. The normalized spacial score (nSPS) is 31.0. The van der Waals surface area contributed by atoms with Crippen LogP contribution in [0.5, 0.6) is 0 Å². The Labute approximate surface area is 91.6 Å². The van der Waals surface area contributed by atoms with E-state index in [9.17, 15) is 9.59 Å². The van der Waals surface area contributed by atoms with E-state index < -0.39 is 0 Å². The molecule has 0 bridgehead atoms. The summed E-state index contributed by atoms with van der Waals surface area (Å²) < 4.78 is 0. The highest BCUT2D eigenvalue weighted by atomic mass is 16.2. The monoisotopic (exact) mass is 211 g/mol. The fraction of sp³-hybridized carbons (Fsp3) is 0.833. The lowest BCUT2D eigenvalue weighted by Crippen LogP contribution is -2.44. The van der Waals surface area contributed by atoms with E-state index in [0.29, 0.717) is 11.8 Å². The van der Waals surface area contributed by atoms with E-state index in [0.717, 1.165) is 6.42 Å². The molecule has 0 heterocycles. The molecule has 0 aromatic carbocycles. The molecule has 0 aromatic heterocycles. The first-order valence-corrected chi connectivity index (χ1v) is 5.79. The minimum Gasteiger partial charge on any atom is -0.353 e. The minimum atomic E-state index is -0.117. The smallest absolute Gasteiger partial charge is 0.227 e. The summed E-state index contributed by atoms with van der Waals surface area (Å²) in [7, 11) is 0. The minimum absolute atomic E-state index is 0.0254. The van der Waals surface area contributed by atoms with Gasteiger partial charge in [0.25, 0.3) is 0 Å². The first-order chi connectivity index (χ1) is 7.00. The van der Waals surface area contributed by atoms with E-state index in [-0.39, 0.29) is 24.2 Å². The highest BCUT2D eigenvalue weighted by Gasteiger charge is 2.28. The number of carbonyl (C=O) groups excluding carboxylic acids is 2. The maximum absolute atomic E-state index is 11.4. The molecule has 3 atom stereocenters. The average molecular weight is 211 g/mol. The van der Waals surface area contributed by atoms with Gasteiger partial charge in [-0.3, -0.25) is 9.59 Å². The number of carbonyl (C=O) groups is 2. The average Bonchev–Trinajstić information content (AvgIpc) is 2.11. The van der Waals surface area contributed by atoms with Crippen LogP contribution in [0.4, 0.5) is 0 Å². The molecule has 3 nitrogen and oxygen atoms in total. The van der Waals surface area contributed by atoms with Gasteiger partial charge in [0.2, 0.25) is 5.91 Å². The maximum Gasteiger partial charge on any atom is 0.227 e. The Morgan fingerprint density at radius 3 is 2.53 bits per heavy atom. The summed E-state index contributed by atoms with van der Waals surface area (Å²) in [6, 6.07) is 0.264. The number of ketones is 1. The SMILES string of the molecule is CC(=O)CC(=O)NC1CCCC(C)C1C. The molecule has 1 saturated carbocycles. The van der Waals surface area contributed by atoms with Gasteiger partial charge >= 0.3 is 0 Å². The zero-order valence-corrected chi connectivity index (χ0v) is 9.88. The van der Waals surface area contributed by atoms with E-state index in [2.05, 4.69) is 19.2 Å². The van der Waals surface area contributed by atoms with Crippen molar-refractivity contribution in [2.45, 2.75) is 52.5 Å². The fourth-order valence-corrected chi connectivity index (χ4v) is 2.27. The van der Waals surface area contributed by atoms with Crippen molar-refractivity contribution >= 4 is 11.7 Å². The number of nitrogens with one attached hydrogen (secondary N) is 1. The second-order valence-corrected chi connectivity index (χ2v) is 4.82. The molecule has 1 rings (SSSR count). The maximum atomic E-state index is 11.4. The number of hydrogen-bond acceptors (Lipinski definition) is 2. The predicted molar refractivity (Wildman–Crippen MR) is 59.4 cm³/mol. The van der Waals surface area contributed by atoms with Crippen molar-refractivity contribution in [1.82, 2.24) is 5.32 Å². The van der Waals surface area contributed by atoms with Crippen LogP contribution >= 0.6 is 0 Å². The van der Waals surface area contributed by atoms with E-state index in [1.54, 1.807) is 0 Å². The van der Waals surface area contributed by atoms with Crippen LogP contribution in [0.2, 0.25) is 0 Å². The Balaban J connectivity index is 2.43. The number of hydrogen-bond donors (Lipinski definition) is 1. The van der Waals surface area contributed by atoms with Crippen LogP contribution in [0.15, 0.2) is 0 Å². The first kappa shape index (κ1) is 12.2. The Kier molecular flexibility index (Phi) is 4.30. The van der Waals surface area contributed by atoms with Crippen LogP contribution in [-0.2, 0) is 9.59 Å². The number of amides is 1. The van der Waals surface area contributed by atoms with Gasteiger partial charge in [0, 0.05) is 6.04 Å². The molecule has 0 aromatic rings. The van der Waals surface area contributed by atoms with Crippen LogP contribution in [0.25, 0.3) is 0 Å². The van der Waals surface area contributed by atoms with Crippen LogP contribution in [0.1, 0.15) is 46.5 Å². The van der Waals surface area contributed by atoms with Gasteiger partial charge in [0.15, 0.2) is 0 Å². The van der Waals surface area contributed by atoms with Crippen molar-refractivity contribution in [3.63, 3.8) is 0 Å². The molecule has 3 heteroatoms. The van der Waals surface area contributed by atoms with Crippen LogP contribution in [-0.4, -0.2) is 17.7 Å². The first-order valence-electron chi connectivity index (χ1n) is 5.79. The lowest BCUT2D eigenvalue weighted by Gasteiger charge is -2.34. The van der Waals surface area contributed by atoms with Crippen LogP contribution < -0.4 is 5.32 Å². The van der Waals surface area contributed by atoms with Gasteiger partial charge in [-0.25, -0.2) is 0 Å². The van der Waals surface area contributed by atoms with E-state index in [4.69, 9.17) is 0 Å². The molecule has 1 aliphatic rings. The quantitative estimate of drug-likeness (QED) is 0.725. The van der Waals surface area contributed by atoms with Gasteiger partial charge in [0.1, 0.15) is 5.78 Å². The summed E-state index contributed by atoms with van der Waals surface area (Å²) in [5.74, 6) is 1.01. The molecule has 15 heavy (non-hydrogen) atoms. The third-order valence-corrected chi connectivity index (χ3v) is 3.46. The Morgan fingerprint density at radius 2 is 1.93 bits per heavy atom. The molecule has 1 fully saturated rings. The van der Waals surface area contributed by atoms with E-state index >= 15 is 0 Å². The molecule has 0 aliphatic heterocycles. The van der Waals surface area contributed by atoms with Gasteiger partial charge in [-0.15, -0.1) is 0 Å². The van der Waals surface area contributed by atoms with Crippen molar-refractivity contribution in [3.05, 3.63) is 0 Å². The zero-order chi connectivity index (χ0) is 11.4. The number of Topliss-reactive ketones (excluding diaryl/α,β-unsaturated/α-hetero) is 1. The summed E-state index contributed by atoms with van der Waals surface area (Å²) in [4.78, 5) is 22.2. The van der Waals surface area contributed by atoms with Gasteiger partial charge in [0.05, 0.1) is 6.42 Å². The second kappa shape index (κ2) is 5.29. The summed E-state index contributed by atoms with van der Waals surface area (Å²) in [6.45, 7) is 5.86. The molecule has 0 radical (unpaired) electrons. The van der Waals surface area contributed by atoms with Gasteiger partial charge < -0.3 is 5.32 Å². The molecule has 86 valence electrons. The molecule has 0 spiro atoms. The van der Waals surface area contributed by atoms with Gasteiger partial charge in [-0.05, 0) is 25.2 Å². The fourth-order valence-electron chi connectivity index (χ4n) is 2.27. The third-order valence-electron chi connectivity index (χ3n) is 3.46. The molecule has 3 unspecified atom stereocenters. The van der Waals surface area contributed by atoms with Crippen LogP contribution in [0.3, 0.4) is 0 Å². The highest BCUT2D eigenvalue weighted by Crippen LogP contribution is 2.29. The van der Waals surface area contributed by atoms with Crippen molar-refractivity contribution < 1.29 is 9.59 Å². The third kappa shape index (κ3) is 3.65. The van der Waals surface area contributed by atoms with Crippen LogP contribution in [0, 0.1) is 11.8 Å². The second-order valence-electron chi connectivity index (χ2n) is 4.82. The van der Waals surface area contributed by atoms with E-state index in [1.165, 1.54) is 19.8 Å². The predicted octanol–water partition coefficient (Wildman–Crippen LogP) is 1.91. The van der Waals surface area contributed by atoms with Crippen molar-refractivity contribution in [3.8, 4) is 0 Å². The summed E-state index contributed by atoms with van der Waals surface area (Å²) >= 11 is 0. The van der Waals surface area contributed by atoms with Crippen molar-refractivity contribution in [2.75, 3.05) is 0 Å². The Hall–Kier alpha value is -0.860. The van der Waals surface area contributed by atoms with Crippen molar-refractivity contribution in [1.29, 1.82) is 0 Å². The standard InChI is InChI=1S/C12H21NO2/c1-8-5-4-6-11(10(8)3)13-12(15)7-9(2)14/h8,10-11H,4-7H2,1-3H3,(H,13,15). The number of rotatable bonds is 3. The lowest BCUT2D eigenvalue weighted by atomic mass is 9.78. The van der Waals surface area contributed by atoms with Gasteiger partial charge in [-0.1, -0.05) is 26.7 Å². The van der Waals surface area contributed by atoms with Crippen molar-refractivity contribution in [2.24, 2.45) is 11.8 Å². The molecular weight excluding hydrogens is 190 g/mol. The molecule has 1 N–H and O–H groups in total. The lowest BCUT2D eigenvalue weighted by molar-refractivity contribution is -0.128. The van der Waals surface area contributed by atoms with E-state index in [1.807, 2.05) is 0 Å². The summed E-state index contributed by atoms with van der Waals surface area (Å²) in [6.07, 6.45) is 3.50. The zero-order valence-electron chi connectivity index (χ0n) is 9.88.